The number of hydrogen-bond donors (Lipinski definition) is 0. The van der Waals surface area contributed by atoms with E-state index in [4.69, 9.17) is 0 Å². The van der Waals surface area contributed by atoms with Gasteiger partial charge in [-0.1, -0.05) is 6.58 Å². The average molecular weight is 223 g/mol. The number of hydrogen-bond acceptors (Lipinski definition) is 4. The summed E-state index contributed by atoms with van der Waals surface area (Å²) in [5.74, 6) is -1.15. The SMILES string of the molecule is C=Cn1cc(C(=O)OC)c(C(=O)OC)c1C. The van der Waals surface area contributed by atoms with E-state index in [0.29, 0.717) is 5.69 Å². The van der Waals surface area contributed by atoms with E-state index in [0.717, 1.165) is 0 Å². The summed E-state index contributed by atoms with van der Waals surface area (Å²) in [6.45, 7) is 5.27. The molecule has 0 amide bonds. The van der Waals surface area contributed by atoms with Gasteiger partial charge in [0.1, 0.15) is 0 Å². The monoisotopic (exact) mass is 223 g/mol. The highest BCUT2D eigenvalue weighted by Gasteiger charge is 2.24. The van der Waals surface area contributed by atoms with Gasteiger partial charge in [-0.3, -0.25) is 0 Å². The van der Waals surface area contributed by atoms with Crippen LogP contribution in [0.4, 0.5) is 0 Å². The summed E-state index contributed by atoms with van der Waals surface area (Å²) >= 11 is 0. The fourth-order valence-corrected chi connectivity index (χ4v) is 1.44. The molecule has 0 N–H and O–H groups in total. The van der Waals surface area contributed by atoms with Crippen LogP contribution in [0.15, 0.2) is 12.8 Å². The quantitative estimate of drug-likeness (QED) is 0.728. The highest BCUT2D eigenvalue weighted by molar-refractivity contribution is 6.04. The Morgan fingerprint density at radius 1 is 1.31 bits per heavy atom. The van der Waals surface area contributed by atoms with Crippen LogP contribution in [0.1, 0.15) is 26.4 Å². The maximum atomic E-state index is 11.5. The maximum Gasteiger partial charge on any atom is 0.340 e. The van der Waals surface area contributed by atoms with Crippen molar-refractivity contribution in [1.82, 2.24) is 4.57 Å². The summed E-state index contributed by atoms with van der Waals surface area (Å²) in [5.41, 5.74) is 0.961. The summed E-state index contributed by atoms with van der Waals surface area (Å²) in [4.78, 5) is 23.0. The molecular weight excluding hydrogens is 210 g/mol. The Kier molecular flexibility index (Phi) is 3.50. The Labute approximate surface area is 93.3 Å². The van der Waals surface area contributed by atoms with E-state index in [1.165, 1.54) is 26.6 Å². The highest BCUT2D eigenvalue weighted by atomic mass is 16.5. The van der Waals surface area contributed by atoms with Crippen LogP contribution in [0, 0.1) is 6.92 Å². The second kappa shape index (κ2) is 4.65. The van der Waals surface area contributed by atoms with E-state index in [1.807, 2.05) is 0 Å². The van der Waals surface area contributed by atoms with Gasteiger partial charge in [-0.2, -0.15) is 0 Å². The van der Waals surface area contributed by atoms with Gasteiger partial charge < -0.3 is 14.0 Å². The molecule has 5 nitrogen and oxygen atoms in total. The third-order valence-corrected chi connectivity index (χ3v) is 2.28. The zero-order chi connectivity index (χ0) is 12.3. The minimum absolute atomic E-state index is 0.173. The fourth-order valence-electron chi connectivity index (χ4n) is 1.44. The molecule has 16 heavy (non-hydrogen) atoms. The van der Waals surface area contributed by atoms with Crippen molar-refractivity contribution in [2.45, 2.75) is 6.92 Å². The average Bonchev–Trinajstić information content (AvgIpc) is 2.64. The van der Waals surface area contributed by atoms with Crippen molar-refractivity contribution in [2.75, 3.05) is 14.2 Å². The molecule has 0 radical (unpaired) electrons. The molecule has 1 rings (SSSR count). The third-order valence-electron chi connectivity index (χ3n) is 2.28. The number of aromatic nitrogens is 1. The van der Waals surface area contributed by atoms with Gasteiger partial charge in [-0.05, 0) is 6.92 Å². The van der Waals surface area contributed by atoms with E-state index >= 15 is 0 Å². The van der Waals surface area contributed by atoms with E-state index < -0.39 is 11.9 Å². The fraction of sp³-hybridized carbons (Fsp3) is 0.273. The van der Waals surface area contributed by atoms with Gasteiger partial charge in [-0.25, -0.2) is 9.59 Å². The molecule has 0 aliphatic heterocycles. The lowest BCUT2D eigenvalue weighted by atomic mass is 10.1. The normalized spacial score (nSPS) is 9.69. The molecule has 1 aromatic heterocycles. The van der Waals surface area contributed by atoms with Crippen molar-refractivity contribution in [3.05, 3.63) is 29.6 Å². The van der Waals surface area contributed by atoms with E-state index in [-0.39, 0.29) is 11.1 Å². The number of methoxy groups -OCH3 is 2. The van der Waals surface area contributed by atoms with Crippen molar-refractivity contribution >= 4 is 18.1 Å². The zero-order valence-corrected chi connectivity index (χ0v) is 9.44. The maximum absolute atomic E-state index is 11.5. The van der Waals surface area contributed by atoms with Crippen LogP contribution in [0.5, 0.6) is 0 Å². The number of carbonyl (C=O) groups excluding carboxylic acids is 2. The van der Waals surface area contributed by atoms with Crippen LogP contribution in [0.3, 0.4) is 0 Å². The van der Waals surface area contributed by atoms with Crippen LogP contribution < -0.4 is 0 Å². The Hall–Kier alpha value is -2.04. The Morgan fingerprint density at radius 3 is 2.31 bits per heavy atom. The molecule has 0 atom stereocenters. The second-order valence-electron chi connectivity index (χ2n) is 3.08. The molecule has 86 valence electrons. The first-order valence-electron chi connectivity index (χ1n) is 4.57. The van der Waals surface area contributed by atoms with Crippen molar-refractivity contribution in [1.29, 1.82) is 0 Å². The predicted octanol–water partition coefficient (Wildman–Crippen LogP) is 1.47. The molecule has 0 fully saturated rings. The lowest BCUT2D eigenvalue weighted by Gasteiger charge is -2.02. The van der Waals surface area contributed by atoms with Crippen LogP contribution in [-0.2, 0) is 9.47 Å². The highest BCUT2D eigenvalue weighted by Crippen LogP contribution is 2.19. The molecule has 0 aliphatic carbocycles. The van der Waals surface area contributed by atoms with E-state index in [1.54, 1.807) is 11.5 Å². The summed E-state index contributed by atoms with van der Waals surface area (Å²) in [6.07, 6.45) is 2.98. The van der Waals surface area contributed by atoms with Gasteiger partial charge in [0.2, 0.25) is 0 Å². The zero-order valence-electron chi connectivity index (χ0n) is 9.44. The lowest BCUT2D eigenvalue weighted by Crippen LogP contribution is -2.10. The molecule has 1 aromatic rings. The molecule has 0 saturated carbocycles. The largest absolute Gasteiger partial charge is 0.465 e. The minimum atomic E-state index is -0.580. The Balaban J connectivity index is 3.41. The summed E-state index contributed by atoms with van der Waals surface area (Å²) < 4.78 is 10.8. The lowest BCUT2D eigenvalue weighted by molar-refractivity contribution is 0.0556. The molecule has 0 unspecified atom stereocenters. The first kappa shape index (κ1) is 12.0. The molecular formula is C11H13NO4. The molecule has 0 aromatic carbocycles. The Bertz CT molecular complexity index is 445. The van der Waals surface area contributed by atoms with Gasteiger partial charge in [0, 0.05) is 18.1 Å². The van der Waals surface area contributed by atoms with Crippen LogP contribution in [-0.4, -0.2) is 30.7 Å². The molecule has 5 heteroatoms. The number of carbonyl (C=O) groups is 2. The molecule has 0 spiro atoms. The molecule has 0 bridgehead atoms. The van der Waals surface area contributed by atoms with Gasteiger partial charge >= 0.3 is 11.9 Å². The summed E-state index contributed by atoms with van der Waals surface area (Å²) in [5, 5.41) is 0. The Morgan fingerprint density at radius 2 is 1.88 bits per heavy atom. The number of rotatable bonds is 3. The summed E-state index contributed by atoms with van der Waals surface area (Å²) in [7, 11) is 2.51. The second-order valence-corrected chi connectivity index (χ2v) is 3.08. The van der Waals surface area contributed by atoms with Crippen LogP contribution in [0.25, 0.3) is 6.20 Å². The number of esters is 2. The van der Waals surface area contributed by atoms with Crippen LogP contribution in [0.2, 0.25) is 0 Å². The van der Waals surface area contributed by atoms with Crippen molar-refractivity contribution in [3.63, 3.8) is 0 Å². The summed E-state index contributed by atoms with van der Waals surface area (Å²) in [6, 6.07) is 0. The van der Waals surface area contributed by atoms with Crippen molar-refractivity contribution in [2.24, 2.45) is 0 Å². The van der Waals surface area contributed by atoms with Crippen molar-refractivity contribution < 1.29 is 19.1 Å². The van der Waals surface area contributed by atoms with Gasteiger partial charge in [0.15, 0.2) is 0 Å². The first-order valence-corrected chi connectivity index (χ1v) is 4.57. The topological polar surface area (TPSA) is 57.5 Å². The van der Waals surface area contributed by atoms with Gasteiger partial charge in [0.05, 0.1) is 25.3 Å². The minimum Gasteiger partial charge on any atom is -0.465 e. The number of ether oxygens (including phenoxy) is 2. The van der Waals surface area contributed by atoms with E-state index in [2.05, 4.69) is 16.1 Å². The standard InChI is InChI=1S/C11H13NO4/c1-5-12-6-8(10(13)15-3)9(7(12)2)11(14)16-4/h5-6H,1H2,2-4H3. The smallest absolute Gasteiger partial charge is 0.340 e. The predicted molar refractivity (Wildman–Crippen MR) is 58.2 cm³/mol. The van der Waals surface area contributed by atoms with Crippen LogP contribution >= 0.6 is 0 Å². The molecule has 0 saturated heterocycles. The molecule has 1 heterocycles. The number of nitrogens with zero attached hydrogens (tertiary/aromatic N) is 1. The first-order chi connectivity index (χ1) is 7.56. The van der Waals surface area contributed by atoms with E-state index in [9.17, 15) is 9.59 Å². The third kappa shape index (κ3) is 1.84. The van der Waals surface area contributed by atoms with Gasteiger partial charge in [0.25, 0.3) is 0 Å². The van der Waals surface area contributed by atoms with Gasteiger partial charge in [-0.15, -0.1) is 0 Å². The van der Waals surface area contributed by atoms with Crippen molar-refractivity contribution in [3.8, 4) is 0 Å². The molecule has 0 aliphatic rings.